The predicted molar refractivity (Wildman–Crippen MR) is 64.0 cm³/mol. The number of hydrogen-bond donors (Lipinski definition) is 1. The molecule has 1 unspecified atom stereocenters. The number of phenolic OH excluding ortho intramolecular Hbond substituents is 1. The number of phenols is 1. The SMILES string of the molecule is COCC1CCN(C(=O)c2c(O)cccc2F)C1. The summed E-state index contributed by atoms with van der Waals surface area (Å²) in [4.78, 5) is 13.7. The molecule has 98 valence electrons. The summed E-state index contributed by atoms with van der Waals surface area (Å²) < 4.78 is 18.6. The van der Waals surface area contributed by atoms with Gasteiger partial charge in [-0.25, -0.2) is 4.39 Å². The molecule has 2 rings (SSSR count). The van der Waals surface area contributed by atoms with Gasteiger partial charge < -0.3 is 14.7 Å². The summed E-state index contributed by atoms with van der Waals surface area (Å²) in [5.74, 6) is -1.16. The largest absolute Gasteiger partial charge is 0.507 e. The van der Waals surface area contributed by atoms with Crippen LogP contribution >= 0.6 is 0 Å². The van der Waals surface area contributed by atoms with Crippen LogP contribution in [0.25, 0.3) is 0 Å². The van der Waals surface area contributed by atoms with Crippen LogP contribution in [-0.4, -0.2) is 42.7 Å². The Labute approximate surface area is 105 Å². The molecule has 0 spiro atoms. The van der Waals surface area contributed by atoms with E-state index in [4.69, 9.17) is 4.74 Å². The molecule has 1 N–H and O–H groups in total. The van der Waals surface area contributed by atoms with Gasteiger partial charge in [0.25, 0.3) is 5.91 Å². The number of methoxy groups -OCH3 is 1. The predicted octanol–water partition coefficient (Wildman–Crippen LogP) is 1.64. The van der Waals surface area contributed by atoms with Crippen molar-refractivity contribution in [2.75, 3.05) is 26.8 Å². The summed E-state index contributed by atoms with van der Waals surface area (Å²) in [5.41, 5.74) is -0.240. The Hall–Kier alpha value is -1.62. The van der Waals surface area contributed by atoms with E-state index in [-0.39, 0.29) is 17.2 Å². The molecule has 1 aromatic carbocycles. The molecule has 4 nitrogen and oxygen atoms in total. The van der Waals surface area contributed by atoms with Gasteiger partial charge in [0.1, 0.15) is 17.1 Å². The quantitative estimate of drug-likeness (QED) is 0.891. The number of hydrogen-bond acceptors (Lipinski definition) is 3. The number of carbonyl (C=O) groups is 1. The molecule has 0 aliphatic carbocycles. The highest BCUT2D eigenvalue weighted by Crippen LogP contribution is 2.25. The highest BCUT2D eigenvalue weighted by molar-refractivity contribution is 5.97. The number of amides is 1. The van der Waals surface area contributed by atoms with E-state index in [0.29, 0.717) is 19.7 Å². The van der Waals surface area contributed by atoms with Gasteiger partial charge in [0, 0.05) is 26.1 Å². The molecule has 1 aliphatic heterocycles. The second-order valence-electron chi connectivity index (χ2n) is 4.50. The van der Waals surface area contributed by atoms with Gasteiger partial charge in [-0.15, -0.1) is 0 Å². The van der Waals surface area contributed by atoms with Crippen LogP contribution in [0.5, 0.6) is 5.75 Å². The molecule has 1 aliphatic rings. The van der Waals surface area contributed by atoms with Crippen LogP contribution in [-0.2, 0) is 4.74 Å². The monoisotopic (exact) mass is 253 g/mol. The first-order valence-electron chi connectivity index (χ1n) is 5.89. The summed E-state index contributed by atoms with van der Waals surface area (Å²) >= 11 is 0. The maximum atomic E-state index is 13.6. The number of rotatable bonds is 3. The number of aromatic hydroxyl groups is 1. The molecule has 0 radical (unpaired) electrons. The summed E-state index contributed by atoms with van der Waals surface area (Å²) in [7, 11) is 1.62. The second-order valence-corrected chi connectivity index (χ2v) is 4.50. The van der Waals surface area contributed by atoms with E-state index in [9.17, 15) is 14.3 Å². The highest BCUT2D eigenvalue weighted by Gasteiger charge is 2.29. The fourth-order valence-corrected chi connectivity index (χ4v) is 2.27. The molecule has 0 bridgehead atoms. The van der Waals surface area contributed by atoms with Crippen LogP contribution in [0.1, 0.15) is 16.8 Å². The molecule has 5 heteroatoms. The zero-order valence-corrected chi connectivity index (χ0v) is 10.2. The standard InChI is InChI=1S/C13H16FNO3/c1-18-8-9-5-6-15(7-9)13(17)12-10(14)3-2-4-11(12)16/h2-4,9,16H,5-8H2,1H3. The number of ether oxygens (including phenoxy) is 1. The molecule has 1 heterocycles. The van der Waals surface area contributed by atoms with Crippen molar-refractivity contribution in [3.63, 3.8) is 0 Å². The van der Waals surface area contributed by atoms with Gasteiger partial charge in [-0.1, -0.05) is 6.07 Å². The van der Waals surface area contributed by atoms with Gasteiger partial charge in [0.15, 0.2) is 0 Å². The minimum absolute atomic E-state index is 0.240. The first kappa shape index (κ1) is 12.8. The number of carbonyl (C=O) groups excluding carboxylic acids is 1. The summed E-state index contributed by atoms with van der Waals surface area (Å²) in [6.45, 7) is 1.70. The average molecular weight is 253 g/mol. The number of likely N-dealkylation sites (tertiary alicyclic amines) is 1. The Morgan fingerprint density at radius 2 is 2.39 bits per heavy atom. The zero-order chi connectivity index (χ0) is 13.1. The van der Waals surface area contributed by atoms with Gasteiger partial charge in [0.2, 0.25) is 0 Å². The molecular weight excluding hydrogens is 237 g/mol. The fraction of sp³-hybridized carbons (Fsp3) is 0.462. The second kappa shape index (κ2) is 5.35. The Bertz CT molecular complexity index is 430. The van der Waals surface area contributed by atoms with Crippen molar-refractivity contribution in [2.45, 2.75) is 6.42 Å². The third-order valence-corrected chi connectivity index (χ3v) is 3.18. The molecule has 1 amide bonds. The van der Waals surface area contributed by atoms with Crippen LogP contribution in [0.4, 0.5) is 4.39 Å². The zero-order valence-electron chi connectivity index (χ0n) is 10.2. The topological polar surface area (TPSA) is 49.8 Å². The third kappa shape index (κ3) is 2.46. The Balaban J connectivity index is 2.13. The van der Waals surface area contributed by atoms with Crippen LogP contribution in [0, 0.1) is 11.7 Å². The van der Waals surface area contributed by atoms with E-state index >= 15 is 0 Å². The number of nitrogens with zero attached hydrogens (tertiary/aromatic N) is 1. The van der Waals surface area contributed by atoms with Crippen LogP contribution in [0.2, 0.25) is 0 Å². The van der Waals surface area contributed by atoms with Crippen molar-refractivity contribution in [3.8, 4) is 5.75 Å². The van der Waals surface area contributed by atoms with Crippen LogP contribution < -0.4 is 0 Å². The first-order chi connectivity index (χ1) is 8.63. The maximum absolute atomic E-state index is 13.6. The van der Waals surface area contributed by atoms with Gasteiger partial charge in [-0.3, -0.25) is 4.79 Å². The van der Waals surface area contributed by atoms with Gasteiger partial charge in [-0.05, 0) is 18.6 Å². The molecule has 1 saturated heterocycles. The maximum Gasteiger partial charge on any atom is 0.260 e. The lowest BCUT2D eigenvalue weighted by Gasteiger charge is -2.17. The lowest BCUT2D eigenvalue weighted by Crippen LogP contribution is -2.30. The Kier molecular flexibility index (Phi) is 3.81. The van der Waals surface area contributed by atoms with Crippen LogP contribution in [0.15, 0.2) is 18.2 Å². The third-order valence-electron chi connectivity index (χ3n) is 3.18. The number of halogens is 1. The van der Waals surface area contributed by atoms with Crippen molar-refractivity contribution < 1.29 is 19.0 Å². The van der Waals surface area contributed by atoms with Crippen molar-refractivity contribution >= 4 is 5.91 Å². The van der Waals surface area contributed by atoms with Crippen molar-refractivity contribution in [3.05, 3.63) is 29.6 Å². The van der Waals surface area contributed by atoms with Gasteiger partial charge >= 0.3 is 0 Å². The molecule has 1 aromatic rings. The lowest BCUT2D eigenvalue weighted by molar-refractivity contribution is 0.0767. The molecule has 1 atom stereocenters. The van der Waals surface area contributed by atoms with E-state index in [1.165, 1.54) is 18.2 Å². The van der Waals surface area contributed by atoms with Crippen molar-refractivity contribution in [1.82, 2.24) is 4.90 Å². The summed E-state index contributed by atoms with van der Waals surface area (Å²) in [6.07, 6.45) is 0.842. The smallest absolute Gasteiger partial charge is 0.260 e. The van der Waals surface area contributed by atoms with Crippen molar-refractivity contribution in [1.29, 1.82) is 0 Å². The first-order valence-corrected chi connectivity index (χ1v) is 5.89. The minimum Gasteiger partial charge on any atom is -0.507 e. The van der Waals surface area contributed by atoms with Crippen molar-refractivity contribution in [2.24, 2.45) is 5.92 Å². The van der Waals surface area contributed by atoms with E-state index in [0.717, 1.165) is 6.42 Å². The normalized spacial score (nSPS) is 19.2. The Morgan fingerprint density at radius 3 is 3.06 bits per heavy atom. The van der Waals surface area contributed by atoms with Gasteiger partial charge in [0.05, 0.1) is 6.61 Å². The number of benzene rings is 1. The van der Waals surface area contributed by atoms with E-state index in [1.807, 2.05) is 0 Å². The highest BCUT2D eigenvalue weighted by atomic mass is 19.1. The van der Waals surface area contributed by atoms with Gasteiger partial charge in [-0.2, -0.15) is 0 Å². The summed E-state index contributed by atoms with van der Waals surface area (Å²) in [6, 6.07) is 3.87. The van der Waals surface area contributed by atoms with E-state index in [2.05, 4.69) is 0 Å². The average Bonchev–Trinajstić information content (AvgIpc) is 2.78. The van der Waals surface area contributed by atoms with E-state index in [1.54, 1.807) is 12.0 Å². The fourth-order valence-electron chi connectivity index (χ4n) is 2.27. The minimum atomic E-state index is -0.685. The Morgan fingerprint density at radius 1 is 1.61 bits per heavy atom. The lowest BCUT2D eigenvalue weighted by atomic mass is 10.1. The molecule has 1 fully saturated rings. The molecule has 0 saturated carbocycles. The molecule has 0 aromatic heterocycles. The summed E-state index contributed by atoms with van der Waals surface area (Å²) in [5, 5.41) is 9.58. The van der Waals surface area contributed by atoms with Crippen LogP contribution in [0.3, 0.4) is 0 Å². The molecule has 18 heavy (non-hydrogen) atoms. The van der Waals surface area contributed by atoms with E-state index < -0.39 is 11.7 Å². The molecular formula is C13H16FNO3.